The van der Waals surface area contributed by atoms with E-state index in [-0.39, 0.29) is 12.3 Å². The molecule has 0 aliphatic carbocycles. The first kappa shape index (κ1) is 22.1. The Morgan fingerprint density at radius 2 is 1.70 bits per heavy atom. The van der Waals surface area contributed by atoms with Crippen LogP contribution < -0.4 is 16.6 Å². The fraction of sp³-hybridized carbons (Fsp3) is 0.381. The third-order valence-corrected chi connectivity index (χ3v) is 5.28. The second-order valence-electron chi connectivity index (χ2n) is 8.00. The summed E-state index contributed by atoms with van der Waals surface area (Å²) in [7, 11) is 3.00. The van der Waals surface area contributed by atoms with E-state index in [0.717, 1.165) is 21.6 Å². The first-order valence-electron chi connectivity index (χ1n) is 10.5. The number of aryl methyl sites for hydroxylation is 5. The molecule has 0 saturated carbocycles. The number of imidazole rings is 1. The van der Waals surface area contributed by atoms with Crippen LogP contribution in [0.2, 0.25) is 0 Å². The molecule has 0 saturated heterocycles. The maximum Gasteiger partial charge on any atom is 0.332 e. The Morgan fingerprint density at radius 3 is 2.39 bits per heavy atom. The molecule has 4 heterocycles. The molecule has 4 rings (SSSR count). The van der Waals surface area contributed by atoms with Crippen LogP contribution in [0.4, 0.5) is 5.82 Å². The summed E-state index contributed by atoms with van der Waals surface area (Å²) in [6, 6.07) is 3.62. The average molecular weight is 451 g/mol. The predicted octanol–water partition coefficient (Wildman–Crippen LogP) is 0.754. The number of hydrogen-bond acceptors (Lipinski definition) is 7. The smallest absolute Gasteiger partial charge is 0.325 e. The second-order valence-corrected chi connectivity index (χ2v) is 8.00. The summed E-state index contributed by atoms with van der Waals surface area (Å²) in [6.07, 6.45) is 2.19. The van der Waals surface area contributed by atoms with E-state index in [1.807, 2.05) is 26.8 Å². The highest BCUT2D eigenvalue weighted by Crippen LogP contribution is 2.16. The van der Waals surface area contributed by atoms with Gasteiger partial charge in [-0.3, -0.25) is 18.7 Å². The maximum absolute atomic E-state index is 12.6. The zero-order chi connectivity index (χ0) is 23.9. The lowest BCUT2D eigenvalue weighted by molar-refractivity contribution is -0.116. The van der Waals surface area contributed by atoms with E-state index in [4.69, 9.17) is 0 Å². The number of fused-ring (bicyclic) bond motifs is 1. The van der Waals surface area contributed by atoms with E-state index >= 15 is 0 Å². The fourth-order valence-corrected chi connectivity index (χ4v) is 3.72. The minimum absolute atomic E-state index is 0.203. The molecular weight excluding hydrogens is 426 g/mol. The molecule has 0 aliphatic rings. The molecule has 0 aromatic carbocycles. The predicted molar refractivity (Wildman–Crippen MR) is 121 cm³/mol. The van der Waals surface area contributed by atoms with Gasteiger partial charge in [0.05, 0.1) is 12.0 Å². The summed E-state index contributed by atoms with van der Waals surface area (Å²) in [6.45, 7) is 5.97. The molecule has 12 heteroatoms. The monoisotopic (exact) mass is 451 g/mol. The number of carbonyl (C=O) groups excluding carboxylic acids is 1. The van der Waals surface area contributed by atoms with Crippen LogP contribution in [0.3, 0.4) is 0 Å². The zero-order valence-corrected chi connectivity index (χ0v) is 19.2. The Morgan fingerprint density at radius 1 is 1.00 bits per heavy atom. The molecule has 4 aromatic heterocycles. The Balaban J connectivity index is 1.48. The summed E-state index contributed by atoms with van der Waals surface area (Å²) < 4.78 is 5.56. The van der Waals surface area contributed by atoms with Crippen molar-refractivity contribution in [3.63, 3.8) is 0 Å². The molecule has 0 aliphatic heterocycles. The van der Waals surface area contributed by atoms with Crippen molar-refractivity contribution in [3.05, 3.63) is 56.4 Å². The number of anilines is 1. The van der Waals surface area contributed by atoms with Crippen molar-refractivity contribution in [1.29, 1.82) is 0 Å². The molecule has 0 spiro atoms. The number of rotatable bonds is 6. The molecule has 0 fully saturated rings. The normalized spacial score (nSPS) is 11.3. The Kier molecular flexibility index (Phi) is 5.66. The molecular formula is C21H25N9O3. The van der Waals surface area contributed by atoms with Gasteiger partial charge in [-0.05, 0) is 33.3 Å². The van der Waals surface area contributed by atoms with Crippen LogP contribution in [0.5, 0.6) is 0 Å². The van der Waals surface area contributed by atoms with Gasteiger partial charge in [0.15, 0.2) is 11.2 Å². The Hall–Kier alpha value is -4.09. The lowest BCUT2D eigenvalue weighted by atomic mass is 10.3. The number of nitrogens with zero attached hydrogens (tertiary/aromatic N) is 8. The molecule has 1 N–H and O–H groups in total. The van der Waals surface area contributed by atoms with E-state index in [2.05, 4.69) is 25.4 Å². The van der Waals surface area contributed by atoms with Crippen LogP contribution in [0.1, 0.15) is 29.9 Å². The summed E-state index contributed by atoms with van der Waals surface area (Å²) >= 11 is 0. The Bertz CT molecular complexity index is 1470. The molecule has 0 unspecified atom stereocenters. The van der Waals surface area contributed by atoms with E-state index in [1.54, 1.807) is 17.7 Å². The van der Waals surface area contributed by atoms with Crippen LogP contribution >= 0.6 is 0 Å². The van der Waals surface area contributed by atoms with Gasteiger partial charge in [-0.1, -0.05) is 0 Å². The topological polar surface area (TPSA) is 135 Å². The molecule has 0 bridgehead atoms. The third-order valence-electron chi connectivity index (χ3n) is 5.28. The molecule has 12 nitrogen and oxygen atoms in total. The number of nitrogens with one attached hydrogen (secondary N) is 1. The van der Waals surface area contributed by atoms with Gasteiger partial charge in [-0.15, -0.1) is 0 Å². The van der Waals surface area contributed by atoms with Gasteiger partial charge in [0, 0.05) is 44.5 Å². The van der Waals surface area contributed by atoms with E-state index < -0.39 is 11.2 Å². The van der Waals surface area contributed by atoms with Crippen LogP contribution in [0, 0.1) is 20.8 Å². The zero-order valence-electron chi connectivity index (χ0n) is 19.2. The van der Waals surface area contributed by atoms with Crippen molar-refractivity contribution < 1.29 is 4.79 Å². The van der Waals surface area contributed by atoms with Crippen molar-refractivity contribution in [2.75, 3.05) is 5.32 Å². The minimum atomic E-state index is -0.434. The minimum Gasteiger partial charge on any atom is -0.325 e. The standard InChI is InChI=1S/C21H25N9O3/c1-12-9-13(2)24-20(23-12)30-15(10-14(3)26-30)25-16(31)7-6-8-29-11-22-18-17(29)19(32)28(5)21(33)27(18)4/h9-11H,6-8H2,1-5H3,(H,25,31). The van der Waals surface area contributed by atoms with Crippen molar-refractivity contribution >= 4 is 22.9 Å². The summed E-state index contributed by atoms with van der Waals surface area (Å²) in [5.41, 5.74) is 2.14. The van der Waals surface area contributed by atoms with E-state index in [9.17, 15) is 14.4 Å². The molecule has 33 heavy (non-hydrogen) atoms. The van der Waals surface area contributed by atoms with E-state index in [1.165, 1.54) is 22.6 Å². The van der Waals surface area contributed by atoms with Crippen molar-refractivity contribution in [1.82, 2.24) is 38.4 Å². The van der Waals surface area contributed by atoms with E-state index in [0.29, 0.717) is 35.9 Å². The van der Waals surface area contributed by atoms with Gasteiger partial charge < -0.3 is 9.88 Å². The van der Waals surface area contributed by atoms with Gasteiger partial charge in [0.25, 0.3) is 11.5 Å². The van der Waals surface area contributed by atoms with Gasteiger partial charge in [0.2, 0.25) is 5.91 Å². The lowest BCUT2D eigenvalue weighted by Gasteiger charge is -2.09. The maximum atomic E-state index is 12.6. The highest BCUT2D eigenvalue weighted by molar-refractivity contribution is 5.90. The number of carbonyl (C=O) groups is 1. The number of hydrogen-bond donors (Lipinski definition) is 1. The van der Waals surface area contributed by atoms with Gasteiger partial charge >= 0.3 is 5.69 Å². The fourth-order valence-electron chi connectivity index (χ4n) is 3.72. The molecule has 0 atom stereocenters. The molecule has 172 valence electrons. The first-order valence-corrected chi connectivity index (χ1v) is 10.5. The van der Waals surface area contributed by atoms with Crippen molar-refractivity contribution in [2.24, 2.45) is 14.1 Å². The summed E-state index contributed by atoms with van der Waals surface area (Å²) in [4.78, 5) is 50.2. The van der Waals surface area contributed by atoms with Gasteiger partial charge in [-0.2, -0.15) is 9.78 Å². The molecule has 0 radical (unpaired) electrons. The van der Waals surface area contributed by atoms with Crippen LogP contribution in [0.15, 0.2) is 28.0 Å². The van der Waals surface area contributed by atoms with Crippen molar-refractivity contribution in [3.8, 4) is 5.95 Å². The first-order chi connectivity index (χ1) is 15.7. The van der Waals surface area contributed by atoms with Crippen molar-refractivity contribution in [2.45, 2.75) is 40.2 Å². The van der Waals surface area contributed by atoms with Crippen LogP contribution in [0.25, 0.3) is 17.1 Å². The van der Waals surface area contributed by atoms with Gasteiger partial charge in [0.1, 0.15) is 5.82 Å². The number of aromatic nitrogens is 8. The quantitative estimate of drug-likeness (QED) is 0.457. The second kappa shape index (κ2) is 8.45. The summed E-state index contributed by atoms with van der Waals surface area (Å²) in [5, 5.41) is 7.27. The van der Waals surface area contributed by atoms with Crippen LogP contribution in [-0.2, 0) is 25.4 Å². The van der Waals surface area contributed by atoms with Gasteiger partial charge in [-0.25, -0.2) is 19.7 Å². The Labute approximate surface area is 188 Å². The molecule has 4 aromatic rings. The molecule has 1 amide bonds. The lowest BCUT2D eigenvalue weighted by Crippen LogP contribution is -2.37. The largest absolute Gasteiger partial charge is 0.332 e. The summed E-state index contributed by atoms with van der Waals surface area (Å²) in [5.74, 6) is 0.673. The van der Waals surface area contributed by atoms with Crippen LogP contribution in [-0.4, -0.2) is 44.3 Å². The highest BCUT2D eigenvalue weighted by Gasteiger charge is 2.16. The average Bonchev–Trinajstić information content (AvgIpc) is 3.33. The highest BCUT2D eigenvalue weighted by atomic mass is 16.2. The number of amides is 1. The SMILES string of the molecule is Cc1cc(C)nc(-n2nc(C)cc2NC(=O)CCCn2cnc3c2c(=O)n(C)c(=O)n3C)n1. The third kappa shape index (κ3) is 4.19.